The molecule has 0 spiro atoms. The molecule has 2 aromatic carbocycles. The van der Waals surface area contributed by atoms with Gasteiger partial charge in [-0.15, -0.1) is 0 Å². The molecule has 26 heavy (non-hydrogen) atoms. The average molecular weight is 344 g/mol. The Morgan fingerprint density at radius 3 is 2.65 bits per heavy atom. The molecule has 130 valence electrons. The van der Waals surface area contributed by atoms with Gasteiger partial charge < -0.3 is 10.1 Å². The Morgan fingerprint density at radius 2 is 1.85 bits per heavy atom. The van der Waals surface area contributed by atoms with Crippen molar-refractivity contribution >= 4 is 16.8 Å². The summed E-state index contributed by atoms with van der Waals surface area (Å²) in [5, 5.41) is 3.83. The highest BCUT2D eigenvalue weighted by Gasteiger charge is 2.05. The lowest BCUT2D eigenvalue weighted by atomic mass is 10.1. The molecule has 0 aliphatic heterocycles. The highest BCUT2D eigenvalue weighted by molar-refractivity contribution is 5.94. The largest absolute Gasteiger partial charge is 0.479 e. The summed E-state index contributed by atoms with van der Waals surface area (Å²) < 4.78 is 5.69. The maximum atomic E-state index is 12.1. The van der Waals surface area contributed by atoms with Crippen molar-refractivity contribution in [1.82, 2.24) is 10.3 Å². The van der Waals surface area contributed by atoms with E-state index in [9.17, 15) is 4.79 Å². The van der Waals surface area contributed by atoms with Gasteiger partial charge in [-0.2, -0.15) is 0 Å². The van der Waals surface area contributed by atoms with Gasteiger partial charge in [0.15, 0.2) is 0 Å². The molecule has 0 fully saturated rings. The number of carbonyl (C=O) groups excluding carboxylic acids is 1. The molecule has 1 amide bonds. The minimum absolute atomic E-state index is 0.120. The lowest BCUT2D eigenvalue weighted by molar-refractivity contribution is 0.0958. The van der Waals surface area contributed by atoms with Crippen LogP contribution in [0.2, 0.25) is 0 Å². The number of ether oxygens (including phenoxy) is 1. The molecule has 0 radical (unpaired) electrons. The first-order valence-corrected chi connectivity index (χ1v) is 8.42. The highest BCUT2D eigenvalue weighted by Crippen LogP contribution is 2.22. The van der Waals surface area contributed by atoms with Crippen LogP contribution in [-0.2, 0) is 0 Å². The second kappa shape index (κ2) is 8.17. The number of nitrogens with zero attached hydrogens (tertiary/aromatic N) is 1. The maximum Gasteiger partial charge on any atom is 0.252 e. The summed E-state index contributed by atoms with van der Waals surface area (Å²) in [7, 11) is 0. The number of hydrogen-bond acceptors (Lipinski definition) is 3. The molecule has 0 saturated carbocycles. The van der Waals surface area contributed by atoms with E-state index in [1.54, 1.807) is 6.20 Å². The summed E-state index contributed by atoms with van der Waals surface area (Å²) in [6.45, 7) is 4.48. The van der Waals surface area contributed by atoms with E-state index in [2.05, 4.69) is 22.1 Å². The summed E-state index contributed by atoms with van der Waals surface area (Å²) in [4.78, 5) is 16.5. The van der Waals surface area contributed by atoms with Crippen molar-refractivity contribution in [2.45, 2.75) is 13.8 Å². The molecule has 0 unspecified atom stereocenters. The number of benzene rings is 2. The van der Waals surface area contributed by atoms with Crippen molar-refractivity contribution < 1.29 is 9.53 Å². The van der Waals surface area contributed by atoms with Gasteiger partial charge in [0.25, 0.3) is 5.91 Å². The van der Waals surface area contributed by atoms with Crippen molar-refractivity contribution in [3.63, 3.8) is 0 Å². The van der Waals surface area contributed by atoms with Crippen LogP contribution in [-0.4, -0.2) is 24.0 Å². The Labute approximate surface area is 153 Å². The number of carbonyl (C=O) groups is 1. The average Bonchev–Trinajstić information content (AvgIpc) is 2.63. The smallest absolute Gasteiger partial charge is 0.252 e. The van der Waals surface area contributed by atoms with E-state index in [0.717, 1.165) is 22.0 Å². The summed E-state index contributed by atoms with van der Waals surface area (Å²) in [5.74, 6) is 6.40. The van der Waals surface area contributed by atoms with Crippen LogP contribution in [0.25, 0.3) is 10.9 Å². The number of aromatic nitrogens is 1. The van der Waals surface area contributed by atoms with Crippen molar-refractivity contribution in [1.29, 1.82) is 0 Å². The molecule has 1 N–H and O–H groups in total. The molecular weight excluding hydrogens is 324 g/mol. The predicted molar refractivity (Wildman–Crippen MR) is 103 cm³/mol. The third-order valence-corrected chi connectivity index (χ3v) is 3.84. The fourth-order valence-electron chi connectivity index (χ4n) is 2.75. The van der Waals surface area contributed by atoms with E-state index in [1.165, 1.54) is 0 Å². The highest BCUT2D eigenvalue weighted by atomic mass is 16.5. The molecule has 0 saturated heterocycles. The second-order valence-corrected chi connectivity index (χ2v) is 6.03. The molecular formula is C22H20N2O2. The monoisotopic (exact) mass is 344 g/mol. The van der Waals surface area contributed by atoms with Gasteiger partial charge in [0, 0.05) is 17.1 Å². The second-order valence-electron chi connectivity index (χ2n) is 6.03. The lowest BCUT2D eigenvalue weighted by Crippen LogP contribution is -2.23. The zero-order chi connectivity index (χ0) is 18.4. The van der Waals surface area contributed by atoms with Gasteiger partial charge in [-0.1, -0.05) is 47.2 Å². The van der Waals surface area contributed by atoms with Gasteiger partial charge in [-0.05, 0) is 38.1 Å². The number of rotatable bonds is 4. The minimum atomic E-state index is -0.120. The fourth-order valence-corrected chi connectivity index (χ4v) is 2.75. The van der Waals surface area contributed by atoms with Crippen LogP contribution in [0.1, 0.15) is 21.5 Å². The topological polar surface area (TPSA) is 51.2 Å². The SMILES string of the molecule is Cc1cc(C)cc(C(=O)NCC#CCOc2cccc3cccnc23)c1. The fraction of sp³-hybridized carbons (Fsp3) is 0.182. The third kappa shape index (κ3) is 4.40. The molecule has 1 heterocycles. The first-order valence-electron chi connectivity index (χ1n) is 8.42. The molecule has 0 atom stereocenters. The number of fused-ring (bicyclic) bond motifs is 1. The normalized spacial score (nSPS) is 10.1. The number of amides is 1. The van der Waals surface area contributed by atoms with E-state index in [-0.39, 0.29) is 19.1 Å². The van der Waals surface area contributed by atoms with E-state index in [4.69, 9.17) is 4.74 Å². The standard InChI is InChI=1S/C22H20N2O2/c1-16-13-17(2)15-19(14-16)22(25)24-10-3-4-12-26-20-9-5-7-18-8-6-11-23-21(18)20/h5-9,11,13-15H,10,12H2,1-2H3,(H,24,25). The number of aryl methyl sites for hydroxylation is 2. The van der Waals surface area contributed by atoms with E-state index >= 15 is 0 Å². The number of hydrogen-bond donors (Lipinski definition) is 1. The Morgan fingerprint density at radius 1 is 1.08 bits per heavy atom. The lowest BCUT2D eigenvalue weighted by Gasteiger charge is -2.05. The Hall–Kier alpha value is -3.32. The van der Waals surface area contributed by atoms with Gasteiger partial charge in [-0.3, -0.25) is 9.78 Å². The summed E-state index contributed by atoms with van der Waals surface area (Å²) in [6.07, 6.45) is 1.74. The molecule has 3 rings (SSSR count). The van der Waals surface area contributed by atoms with Gasteiger partial charge in [-0.25, -0.2) is 0 Å². The van der Waals surface area contributed by atoms with Gasteiger partial charge in [0.2, 0.25) is 0 Å². The summed E-state index contributed by atoms with van der Waals surface area (Å²) in [5.41, 5.74) is 3.61. The number of para-hydroxylation sites is 1. The number of pyridine rings is 1. The van der Waals surface area contributed by atoms with Gasteiger partial charge in [0.05, 0.1) is 6.54 Å². The summed E-state index contributed by atoms with van der Waals surface area (Å²) >= 11 is 0. The Balaban J connectivity index is 1.52. The van der Waals surface area contributed by atoms with E-state index < -0.39 is 0 Å². The van der Waals surface area contributed by atoms with Crippen LogP contribution in [0.5, 0.6) is 5.75 Å². The molecule has 4 nitrogen and oxygen atoms in total. The molecule has 0 aliphatic carbocycles. The molecule has 0 bridgehead atoms. The van der Waals surface area contributed by atoms with Crippen LogP contribution in [0.3, 0.4) is 0 Å². The summed E-state index contributed by atoms with van der Waals surface area (Å²) in [6, 6.07) is 15.4. The molecule has 1 aromatic heterocycles. The Kier molecular flexibility index (Phi) is 5.50. The van der Waals surface area contributed by atoms with Gasteiger partial charge >= 0.3 is 0 Å². The third-order valence-electron chi connectivity index (χ3n) is 3.84. The van der Waals surface area contributed by atoms with Crippen LogP contribution < -0.4 is 10.1 Å². The minimum Gasteiger partial charge on any atom is -0.479 e. The Bertz CT molecular complexity index is 974. The number of nitrogens with one attached hydrogen (secondary N) is 1. The maximum absolute atomic E-state index is 12.1. The van der Waals surface area contributed by atoms with Crippen molar-refractivity contribution in [2.24, 2.45) is 0 Å². The molecule has 4 heteroatoms. The van der Waals surface area contributed by atoms with Crippen LogP contribution in [0.15, 0.2) is 54.7 Å². The van der Waals surface area contributed by atoms with E-state index in [0.29, 0.717) is 11.3 Å². The molecule has 3 aromatic rings. The first kappa shape index (κ1) is 17.5. The van der Waals surface area contributed by atoms with Crippen molar-refractivity contribution in [3.8, 4) is 17.6 Å². The van der Waals surface area contributed by atoms with Crippen molar-refractivity contribution in [2.75, 3.05) is 13.2 Å². The molecule has 0 aliphatic rings. The predicted octanol–water partition coefficient (Wildman–Crippen LogP) is 3.66. The van der Waals surface area contributed by atoms with Crippen molar-refractivity contribution in [3.05, 3.63) is 71.4 Å². The zero-order valence-electron chi connectivity index (χ0n) is 14.9. The van der Waals surface area contributed by atoms with Gasteiger partial charge in [0.1, 0.15) is 17.9 Å². The van der Waals surface area contributed by atoms with E-state index in [1.807, 2.05) is 62.4 Å². The zero-order valence-corrected chi connectivity index (χ0v) is 14.9. The van der Waals surface area contributed by atoms with Crippen LogP contribution in [0.4, 0.5) is 0 Å². The van der Waals surface area contributed by atoms with Crippen LogP contribution in [0, 0.1) is 25.7 Å². The van der Waals surface area contributed by atoms with Crippen LogP contribution >= 0.6 is 0 Å². The first-order chi connectivity index (χ1) is 12.6. The quantitative estimate of drug-likeness (QED) is 0.735.